The van der Waals surface area contributed by atoms with Crippen LogP contribution in [0.5, 0.6) is 0 Å². The fraction of sp³-hybridized carbons (Fsp3) is 0.887. The number of allylic oxidation sites excluding steroid dienone is 6. The van der Waals surface area contributed by atoms with Crippen molar-refractivity contribution in [3.05, 3.63) is 36.5 Å². The van der Waals surface area contributed by atoms with Gasteiger partial charge in [-0.15, -0.1) is 0 Å². The molecule has 0 aliphatic heterocycles. The standard InChI is InChI=1S/C71H135NO5/c1-3-5-7-9-11-13-15-17-19-21-22-28-32-35-39-43-47-51-55-59-63-69(74)68(67-73)72-70(75)64-60-56-52-48-44-40-36-33-29-26-24-23-25-27-30-34-38-42-46-50-54-58-62-66-77-71(76)65-61-57-53-49-45-41-37-31-20-18-16-14-12-10-8-6-4-2/h12,14,18,20,26,29,68-69,73-74H,3-11,13,15-17,19,21-25,27-28,30-67H2,1-2H3,(H,72,75)/b14-12-,20-18-,29-26-. The van der Waals surface area contributed by atoms with Crippen molar-refractivity contribution >= 4 is 11.9 Å². The van der Waals surface area contributed by atoms with Crippen LogP contribution in [0.25, 0.3) is 0 Å². The van der Waals surface area contributed by atoms with Crippen molar-refractivity contribution in [1.82, 2.24) is 5.32 Å². The van der Waals surface area contributed by atoms with Crippen molar-refractivity contribution in [2.45, 2.75) is 392 Å². The zero-order valence-electron chi connectivity index (χ0n) is 52.0. The van der Waals surface area contributed by atoms with Gasteiger partial charge < -0.3 is 20.3 Å². The first-order valence-corrected chi connectivity index (χ1v) is 34.7. The molecule has 0 aromatic heterocycles. The van der Waals surface area contributed by atoms with Gasteiger partial charge in [-0.3, -0.25) is 9.59 Å². The highest BCUT2D eigenvalue weighted by atomic mass is 16.5. The van der Waals surface area contributed by atoms with Crippen LogP contribution in [-0.2, 0) is 14.3 Å². The number of carbonyl (C=O) groups is 2. The second-order valence-corrected chi connectivity index (χ2v) is 23.9. The van der Waals surface area contributed by atoms with E-state index in [1.54, 1.807) is 0 Å². The molecule has 6 nitrogen and oxygen atoms in total. The van der Waals surface area contributed by atoms with Crippen molar-refractivity contribution in [2.24, 2.45) is 0 Å². The Bertz CT molecular complexity index is 1250. The number of hydrogen-bond acceptors (Lipinski definition) is 5. The average molecular weight is 1080 g/mol. The summed E-state index contributed by atoms with van der Waals surface area (Å²) in [4.78, 5) is 24.6. The van der Waals surface area contributed by atoms with E-state index < -0.39 is 12.1 Å². The van der Waals surface area contributed by atoms with Gasteiger partial charge >= 0.3 is 5.97 Å². The number of carbonyl (C=O) groups excluding carboxylic acids is 2. The van der Waals surface area contributed by atoms with Crippen LogP contribution < -0.4 is 5.32 Å². The molecule has 77 heavy (non-hydrogen) atoms. The number of aliphatic hydroxyl groups excluding tert-OH is 2. The van der Waals surface area contributed by atoms with Gasteiger partial charge in [-0.1, -0.05) is 320 Å². The van der Waals surface area contributed by atoms with E-state index >= 15 is 0 Å². The summed E-state index contributed by atoms with van der Waals surface area (Å²) in [6.07, 6.45) is 84.6. The predicted molar refractivity (Wildman–Crippen MR) is 338 cm³/mol. The van der Waals surface area contributed by atoms with Gasteiger partial charge in [-0.05, 0) is 83.5 Å². The monoisotopic (exact) mass is 1080 g/mol. The summed E-state index contributed by atoms with van der Waals surface area (Å²) in [5.74, 6) is -0.0336. The third-order valence-electron chi connectivity index (χ3n) is 16.2. The van der Waals surface area contributed by atoms with Gasteiger partial charge in [0.25, 0.3) is 0 Å². The Morgan fingerprint density at radius 3 is 1.03 bits per heavy atom. The highest BCUT2D eigenvalue weighted by Gasteiger charge is 2.20. The van der Waals surface area contributed by atoms with Gasteiger partial charge in [0.15, 0.2) is 0 Å². The zero-order chi connectivity index (χ0) is 55.7. The third kappa shape index (κ3) is 63.1. The number of amides is 1. The molecule has 0 aromatic carbocycles. The number of hydrogen-bond donors (Lipinski definition) is 3. The summed E-state index contributed by atoms with van der Waals surface area (Å²) in [6.45, 7) is 4.95. The first-order valence-electron chi connectivity index (χ1n) is 34.7. The molecule has 0 aromatic rings. The molecule has 0 fully saturated rings. The number of aliphatic hydroxyl groups is 2. The molecular formula is C71H135NO5. The molecule has 0 heterocycles. The number of nitrogens with one attached hydrogen (secondary N) is 1. The average Bonchev–Trinajstić information content (AvgIpc) is 3.43. The first-order chi connectivity index (χ1) is 38.0. The summed E-state index contributed by atoms with van der Waals surface area (Å²) in [7, 11) is 0. The lowest BCUT2D eigenvalue weighted by Gasteiger charge is -2.22. The predicted octanol–water partition coefficient (Wildman–Crippen LogP) is 22.3. The van der Waals surface area contributed by atoms with Crippen LogP contribution >= 0.6 is 0 Å². The normalized spacial score (nSPS) is 12.7. The molecule has 0 rings (SSSR count). The van der Waals surface area contributed by atoms with E-state index in [9.17, 15) is 19.8 Å². The third-order valence-corrected chi connectivity index (χ3v) is 16.2. The molecule has 3 N–H and O–H groups in total. The van der Waals surface area contributed by atoms with E-state index in [1.807, 2.05) is 0 Å². The van der Waals surface area contributed by atoms with Crippen LogP contribution in [0.15, 0.2) is 36.5 Å². The molecule has 0 aliphatic carbocycles. The van der Waals surface area contributed by atoms with Crippen LogP contribution in [0.3, 0.4) is 0 Å². The number of esters is 1. The minimum Gasteiger partial charge on any atom is -0.466 e. The molecule has 6 heteroatoms. The molecule has 1 amide bonds. The summed E-state index contributed by atoms with van der Waals surface area (Å²) in [6, 6.07) is -0.547. The SMILES string of the molecule is CCCCC/C=C\C/C=C\CCCCCCCCCC(=O)OCCCCCCCCCCCCCC/C=C\CCCCCCCCCC(=O)NC(CO)C(O)CCCCCCCCCCCCCCCCCCCCCC. The Morgan fingerprint density at radius 1 is 0.364 bits per heavy atom. The smallest absolute Gasteiger partial charge is 0.305 e. The molecule has 0 spiro atoms. The molecule has 0 saturated heterocycles. The fourth-order valence-corrected chi connectivity index (χ4v) is 10.8. The van der Waals surface area contributed by atoms with Gasteiger partial charge in [0, 0.05) is 12.8 Å². The molecule has 454 valence electrons. The van der Waals surface area contributed by atoms with Crippen LogP contribution in [0.1, 0.15) is 380 Å². The summed E-state index contributed by atoms with van der Waals surface area (Å²) in [5.41, 5.74) is 0. The highest BCUT2D eigenvalue weighted by molar-refractivity contribution is 5.76. The molecule has 0 saturated carbocycles. The summed E-state index contributed by atoms with van der Waals surface area (Å²) < 4.78 is 5.49. The molecular weight excluding hydrogens is 947 g/mol. The van der Waals surface area contributed by atoms with Crippen molar-refractivity contribution < 1.29 is 24.5 Å². The van der Waals surface area contributed by atoms with Crippen molar-refractivity contribution in [3.8, 4) is 0 Å². The molecule has 0 bridgehead atoms. The maximum Gasteiger partial charge on any atom is 0.305 e. The quantitative estimate of drug-likeness (QED) is 0.0320. The lowest BCUT2D eigenvalue weighted by atomic mass is 10.0. The van der Waals surface area contributed by atoms with Gasteiger partial charge in [0.1, 0.15) is 0 Å². The first kappa shape index (κ1) is 75.1. The van der Waals surface area contributed by atoms with E-state index in [0.29, 0.717) is 25.9 Å². The van der Waals surface area contributed by atoms with Gasteiger partial charge in [-0.2, -0.15) is 0 Å². The second kappa shape index (κ2) is 66.6. The van der Waals surface area contributed by atoms with Crippen LogP contribution in [0.4, 0.5) is 0 Å². The minimum absolute atomic E-state index is 0.00431. The van der Waals surface area contributed by atoms with Gasteiger partial charge in [0.2, 0.25) is 5.91 Å². The van der Waals surface area contributed by atoms with E-state index in [-0.39, 0.29) is 18.5 Å². The summed E-state index contributed by atoms with van der Waals surface area (Å²) >= 11 is 0. The topological polar surface area (TPSA) is 95.9 Å². The highest BCUT2D eigenvalue weighted by Crippen LogP contribution is 2.18. The largest absolute Gasteiger partial charge is 0.466 e. The maximum absolute atomic E-state index is 12.5. The lowest BCUT2D eigenvalue weighted by molar-refractivity contribution is -0.143. The van der Waals surface area contributed by atoms with E-state index in [0.717, 1.165) is 51.4 Å². The van der Waals surface area contributed by atoms with Crippen LogP contribution in [0, 0.1) is 0 Å². The lowest BCUT2D eigenvalue weighted by Crippen LogP contribution is -2.45. The number of ether oxygens (including phenoxy) is 1. The fourth-order valence-electron chi connectivity index (χ4n) is 10.8. The minimum atomic E-state index is -0.670. The second-order valence-electron chi connectivity index (χ2n) is 23.9. The number of unbranched alkanes of at least 4 members (excludes halogenated alkanes) is 48. The Labute approximate surface area is 481 Å². The number of rotatable bonds is 65. The van der Waals surface area contributed by atoms with Crippen LogP contribution in [0.2, 0.25) is 0 Å². The van der Waals surface area contributed by atoms with E-state index in [4.69, 9.17) is 4.74 Å². The maximum atomic E-state index is 12.5. The summed E-state index contributed by atoms with van der Waals surface area (Å²) in [5, 5.41) is 23.4. The molecule has 2 unspecified atom stereocenters. The zero-order valence-corrected chi connectivity index (χ0v) is 52.0. The van der Waals surface area contributed by atoms with Crippen molar-refractivity contribution in [2.75, 3.05) is 13.2 Å². The Hall–Kier alpha value is -1.92. The van der Waals surface area contributed by atoms with Crippen molar-refractivity contribution in [1.29, 1.82) is 0 Å². The van der Waals surface area contributed by atoms with Crippen molar-refractivity contribution in [3.63, 3.8) is 0 Å². The molecule has 0 aliphatic rings. The van der Waals surface area contributed by atoms with Crippen LogP contribution in [-0.4, -0.2) is 47.4 Å². The molecule has 2 atom stereocenters. The Morgan fingerprint density at radius 2 is 0.649 bits per heavy atom. The Balaban J connectivity index is 3.41. The van der Waals surface area contributed by atoms with E-state index in [2.05, 4.69) is 55.6 Å². The van der Waals surface area contributed by atoms with E-state index in [1.165, 1.54) is 295 Å². The molecule has 0 radical (unpaired) electrons. The van der Waals surface area contributed by atoms with Gasteiger partial charge in [0.05, 0.1) is 25.4 Å². The Kier molecular flexibility index (Phi) is 64.9. The van der Waals surface area contributed by atoms with Gasteiger partial charge in [-0.25, -0.2) is 0 Å².